The molecule has 0 aromatic rings. The number of hydrogen-bond acceptors (Lipinski definition) is 2. The van der Waals surface area contributed by atoms with E-state index < -0.39 is 0 Å². The van der Waals surface area contributed by atoms with E-state index in [0.29, 0.717) is 6.10 Å². The molecular formula is C24H43NO. The van der Waals surface area contributed by atoms with Gasteiger partial charge >= 0.3 is 0 Å². The van der Waals surface area contributed by atoms with Crippen molar-refractivity contribution in [2.75, 3.05) is 19.7 Å². The molecule has 26 heavy (non-hydrogen) atoms. The zero-order chi connectivity index (χ0) is 17.6. The summed E-state index contributed by atoms with van der Waals surface area (Å²) in [6, 6.07) is 0.738. The van der Waals surface area contributed by atoms with Crippen LogP contribution in [0.5, 0.6) is 0 Å². The van der Waals surface area contributed by atoms with Crippen molar-refractivity contribution < 1.29 is 4.74 Å². The van der Waals surface area contributed by atoms with Crippen LogP contribution in [0.25, 0.3) is 0 Å². The Balaban J connectivity index is 1.40. The predicted octanol–water partition coefficient (Wildman–Crippen LogP) is 6.19. The Bertz CT molecular complexity index is 369. The van der Waals surface area contributed by atoms with Crippen molar-refractivity contribution in [3.05, 3.63) is 0 Å². The summed E-state index contributed by atoms with van der Waals surface area (Å²) < 4.78 is 5.93. The van der Waals surface area contributed by atoms with E-state index in [9.17, 15) is 0 Å². The summed E-state index contributed by atoms with van der Waals surface area (Å²) >= 11 is 0. The van der Waals surface area contributed by atoms with E-state index in [2.05, 4.69) is 4.90 Å². The number of hydrogen-bond donors (Lipinski definition) is 0. The summed E-state index contributed by atoms with van der Waals surface area (Å²) in [6.07, 6.45) is 24.3. The van der Waals surface area contributed by atoms with Crippen molar-refractivity contribution in [3.63, 3.8) is 0 Å². The van der Waals surface area contributed by atoms with E-state index in [1.807, 2.05) is 0 Å². The first-order valence-corrected chi connectivity index (χ1v) is 12.2. The molecule has 0 aromatic carbocycles. The van der Waals surface area contributed by atoms with E-state index in [-0.39, 0.29) is 0 Å². The summed E-state index contributed by atoms with van der Waals surface area (Å²) in [5.74, 6) is 2.93. The molecule has 0 N–H and O–H groups in total. The van der Waals surface area contributed by atoms with Crippen LogP contribution in [0.2, 0.25) is 0 Å². The normalized spacial score (nSPS) is 30.6. The minimum atomic E-state index is 0.573. The van der Waals surface area contributed by atoms with E-state index in [1.165, 1.54) is 116 Å². The van der Waals surface area contributed by atoms with Crippen molar-refractivity contribution in [1.29, 1.82) is 0 Å². The van der Waals surface area contributed by atoms with Crippen LogP contribution in [0.1, 0.15) is 103 Å². The molecule has 0 amide bonds. The molecule has 1 aliphatic heterocycles. The smallest absolute Gasteiger partial charge is 0.0964 e. The standard InChI is InChI=1S/C24H43NO/c1-4-10-20(11-5-1)16-23(24-19-26-24)25(17-21-12-6-2-7-13-21)18-22-14-8-3-9-15-22/h20-24H,1-19H2/t23-,24+/m0/s1. The Hall–Kier alpha value is -0.0800. The fourth-order valence-corrected chi connectivity index (χ4v) is 6.33. The Morgan fingerprint density at radius 3 is 1.46 bits per heavy atom. The maximum Gasteiger partial charge on any atom is 0.0964 e. The Kier molecular flexibility index (Phi) is 7.34. The molecule has 2 heteroatoms. The molecule has 3 saturated carbocycles. The molecule has 0 bridgehead atoms. The Labute approximate surface area is 162 Å². The van der Waals surface area contributed by atoms with Crippen LogP contribution in [0.3, 0.4) is 0 Å². The Morgan fingerprint density at radius 2 is 1.04 bits per heavy atom. The second-order valence-corrected chi connectivity index (χ2v) is 10.1. The lowest BCUT2D eigenvalue weighted by Gasteiger charge is -2.40. The van der Waals surface area contributed by atoms with Gasteiger partial charge in [-0.25, -0.2) is 0 Å². The first kappa shape index (κ1) is 19.2. The molecule has 4 rings (SSSR count). The summed E-state index contributed by atoms with van der Waals surface area (Å²) in [5, 5.41) is 0. The molecule has 4 fully saturated rings. The molecule has 0 unspecified atom stereocenters. The molecular weight excluding hydrogens is 318 g/mol. The zero-order valence-corrected chi connectivity index (χ0v) is 17.2. The van der Waals surface area contributed by atoms with Crippen LogP contribution >= 0.6 is 0 Å². The summed E-state index contributed by atoms with van der Waals surface area (Å²) in [7, 11) is 0. The summed E-state index contributed by atoms with van der Waals surface area (Å²) in [4.78, 5) is 2.98. The van der Waals surface area contributed by atoms with Gasteiger partial charge in [0.2, 0.25) is 0 Å². The highest BCUT2D eigenvalue weighted by atomic mass is 16.6. The van der Waals surface area contributed by atoms with E-state index in [0.717, 1.165) is 30.4 Å². The van der Waals surface area contributed by atoms with Gasteiger partial charge in [-0.3, -0.25) is 4.90 Å². The van der Waals surface area contributed by atoms with Gasteiger partial charge in [-0.05, 0) is 49.9 Å². The highest BCUT2D eigenvalue weighted by Crippen LogP contribution is 2.36. The minimum Gasteiger partial charge on any atom is -0.371 e. The average Bonchev–Trinajstić information content (AvgIpc) is 3.53. The van der Waals surface area contributed by atoms with Crippen LogP contribution < -0.4 is 0 Å². The molecule has 0 radical (unpaired) electrons. The average molecular weight is 362 g/mol. The van der Waals surface area contributed by atoms with Crippen molar-refractivity contribution in [2.45, 2.75) is 115 Å². The van der Waals surface area contributed by atoms with E-state index in [4.69, 9.17) is 4.74 Å². The zero-order valence-electron chi connectivity index (χ0n) is 17.2. The van der Waals surface area contributed by atoms with Crippen molar-refractivity contribution in [1.82, 2.24) is 4.90 Å². The van der Waals surface area contributed by atoms with Gasteiger partial charge in [-0.2, -0.15) is 0 Å². The number of epoxide rings is 1. The van der Waals surface area contributed by atoms with Crippen LogP contribution in [0.4, 0.5) is 0 Å². The molecule has 3 aliphatic carbocycles. The van der Waals surface area contributed by atoms with Gasteiger partial charge in [-0.15, -0.1) is 0 Å². The predicted molar refractivity (Wildman–Crippen MR) is 109 cm³/mol. The largest absolute Gasteiger partial charge is 0.371 e. The SMILES string of the molecule is C1CCC(C[C@@H]([C@H]2CO2)N(CC2CCCCC2)CC2CCCCC2)CC1. The maximum absolute atomic E-state index is 5.93. The third-order valence-electron chi connectivity index (χ3n) is 7.99. The molecule has 1 saturated heterocycles. The number of rotatable bonds is 8. The van der Waals surface area contributed by atoms with Gasteiger partial charge in [-0.1, -0.05) is 70.6 Å². The first-order chi connectivity index (χ1) is 12.9. The summed E-state index contributed by atoms with van der Waals surface area (Å²) in [6.45, 7) is 3.81. The molecule has 0 aromatic heterocycles. The third-order valence-corrected chi connectivity index (χ3v) is 7.99. The van der Waals surface area contributed by atoms with Crippen LogP contribution in [-0.2, 0) is 4.74 Å². The lowest BCUT2D eigenvalue weighted by atomic mass is 9.82. The van der Waals surface area contributed by atoms with Crippen LogP contribution in [-0.4, -0.2) is 36.7 Å². The van der Waals surface area contributed by atoms with Crippen LogP contribution in [0.15, 0.2) is 0 Å². The summed E-state index contributed by atoms with van der Waals surface area (Å²) in [5.41, 5.74) is 0. The highest BCUT2D eigenvalue weighted by Gasteiger charge is 2.39. The quantitative estimate of drug-likeness (QED) is 0.479. The maximum atomic E-state index is 5.93. The van der Waals surface area contributed by atoms with Gasteiger partial charge in [0.15, 0.2) is 0 Å². The van der Waals surface area contributed by atoms with E-state index >= 15 is 0 Å². The van der Waals surface area contributed by atoms with Crippen LogP contribution in [0, 0.1) is 17.8 Å². The second-order valence-electron chi connectivity index (χ2n) is 10.1. The molecule has 1 heterocycles. The topological polar surface area (TPSA) is 15.8 Å². The monoisotopic (exact) mass is 361 g/mol. The lowest BCUT2D eigenvalue weighted by molar-refractivity contribution is 0.0777. The lowest BCUT2D eigenvalue weighted by Crippen LogP contribution is -2.46. The minimum absolute atomic E-state index is 0.573. The van der Waals surface area contributed by atoms with Gasteiger partial charge in [0.25, 0.3) is 0 Å². The number of ether oxygens (including phenoxy) is 1. The van der Waals surface area contributed by atoms with Crippen molar-refractivity contribution >= 4 is 0 Å². The van der Waals surface area contributed by atoms with Gasteiger partial charge in [0.05, 0.1) is 12.7 Å². The second kappa shape index (κ2) is 9.92. The van der Waals surface area contributed by atoms with Gasteiger partial charge in [0.1, 0.15) is 0 Å². The number of nitrogens with zero attached hydrogens (tertiary/aromatic N) is 1. The Morgan fingerprint density at radius 1 is 0.615 bits per heavy atom. The molecule has 4 aliphatic rings. The fourth-order valence-electron chi connectivity index (χ4n) is 6.33. The molecule has 0 spiro atoms. The highest BCUT2D eigenvalue weighted by molar-refractivity contribution is 4.91. The first-order valence-electron chi connectivity index (χ1n) is 12.2. The van der Waals surface area contributed by atoms with Gasteiger partial charge < -0.3 is 4.74 Å². The fraction of sp³-hybridized carbons (Fsp3) is 1.00. The van der Waals surface area contributed by atoms with Crippen molar-refractivity contribution in [3.8, 4) is 0 Å². The third kappa shape index (κ3) is 5.71. The van der Waals surface area contributed by atoms with Crippen molar-refractivity contribution in [2.24, 2.45) is 17.8 Å². The van der Waals surface area contributed by atoms with E-state index in [1.54, 1.807) is 0 Å². The van der Waals surface area contributed by atoms with Gasteiger partial charge in [0, 0.05) is 19.1 Å². The molecule has 150 valence electrons. The molecule has 2 nitrogen and oxygen atoms in total. The molecule has 2 atom stereocenters.